The Kier molecular flexibility index (Phi) is 4.15. The first-order valence-corrected chi connectivity index (χ1v) is 7.83. The fourth-order valence-corrected chi connectivity index (χ4v) is 3.54. The number of ether oxygens (including phenoxy) is 1. The molecule has 4 heteroatoms. The molecule has 1 unspecified atom stereocenters. The van der Waals surface area contributed by atoms with Crippen molar-refractivity contribution in [3.63, 3.8) is 0 Å². The van der Waals surface area contributed by atoms with Gasteiger partial charge < -0.3 is 15.0 Å². The van der Waals surface area contributed by atoms with Crippen molar-refractivity contribution in [2.24, 2.45) is 5.92 Å². The van der Waals surface area contributed by atoms with Gasteiger partial charge in [-0.25, -0.2) is 0 Å². The number of benzene rings is 1. The number of nitrogens with one attached hydrogen (secondary N) is 1. The first-order chi connectivity index (χ1) is 10.1. The molecule has 1 aromatic rings. The predicted molar refractivity (Wildman–Crippen MR) is 82.5 cm³/mol. The number of hydrogen-bond donors (Lipinski definition) is 1. The van der Waals surface area contributed by atoms with Crippen LogP contribution in [-0.4, -0.2) is 43.1 Å². The third kappa shape index (κ3) is 3.56. The van der Waals surface area contributed by atoms with Gasteiger partial charge in [0.25, 0.3) is 5.91 Å². The molecule has 4 rings (SSSR count). The van der Waals surface area contributed by atoms with Gasteiger partial charge in [0.15, 0.2) is 6.61 Å². The van der Waals surface area contributed by atoms with E-state index in [0.717, 1.165) is 23.4 Å². The molecule has 1 atom stereocenters. The molecule has 0 spiro atoms. The lowest BCUT2D eigenvalue weighted by Gasteiger charge is -2.44. The Hall–Kier alpha value is -1.55. The van der Waals surface area contributed by atoms with Crippen molar-refractivity contribution in [2.75, 3.05) is 26.2 Å². The number of rotatable bonds is 4. The van der Waals surface area contributed by atoms with Gasteiger partial charge in [-0.3, -0.25) is 4.79 Å². The maximum absolute atomic E-state index is 12.1. The quantitative estimate of drug-likeness (QED) is 0.920. The van der Waals surface area contributed by atoms with Crippen molar-refractivity contribution in [3.8, 4) is 5.75 Å². The standard InChI is InChI=1S/C17H24N2O2/c1-12-7-13(2)9-15(8-12)21-11-17(20)18-16-10-19-5-3-14(16)4-6-19/h7-9,14,16H,3-6,10-11H2,1-2H3,(H,18,20). The van der Waals surface area contributed by atoms with E-state index in [2.05, 4.69) is 16.3 Å². The summed E-state index contributed by atoms with van der Waals surface area (Å²) in [6, 6.07) is 6.34. The lowest BCUT2D eigenvalue weighted by atomic mass is 9.84. The molecule has 2 bridgehead atoms. The molecule has 3 heterocycles. The molecular weight excluding hydrogens is 264 g/mol. The number of fused-ring (bicyclic) bond motifs is 3. The van der Waals surface area contributed by atoms with Crippen LogP contribution in [0.25, 0.3) is 0 Å². The van der Waals surface area contributed by atoms with Crippen LogP contribution >= 0.6 is 0 Å². The molecule has 1 N–H and O–H groups in total. The molecule has 114 valence electrons. The fraction of sp³-hybridized carbons (Fsp3) is 0.588. The zero-order valence-electron chi connectivity index (χ0n) is 12.9. The van der Waals surface area contributed by atoms with E-state index >= 15 is 0 Å². The highest BCUT2D eigenvalue weighted by Gasteiger charge is 2.34. The van der Waals surface area contributed by atoms with E-state index in [1.165, 1.54) is 25.9 Å². The van der Waals surface area contributed by atoms with Crippen LogP contribution in [0, 0.1) is 19.8 Å². The third-order valence-corrected chi connectivity index (χ3v) is 4.57. The molecule has 1 aromatic carbocycles. The lowest BCUT2D eigenvalue weighted by molar-refractivity contribution is -0.125. The molecular formula is C17H24N2O2. The van der Waals surface area contributed by atoms with Crippen LogP contribution in [-0.2, 0) is 4.79 Å². The Morgan fingerprint density at radius 2 is 1.90 bits per heavy atom. The van der Waals surface area contributed by atoms with E-state index in [-0.39, 0.29) is 12.5 Å². The van der Waals surface area contributed by atoms with E-state index < -0.39 is 0 Å². The van der Waals surface area contributed by atoms with E-state index in [0.29, 0.717) is 12.0 Å². The van der Waals surface area contributed by atoms with Gasteiger partial charge in [0.05, 0.1) is 0 Å². The number of piperidine rings is 3. The molecule has 3 aliphatic rings. The SMILES string of the molecule is Cc1cc(C)cc(OCC(=O)NC2CN3CCC2CC3)c1. The largest absolute Gasteiger partial charge is 0.484 e. The van der Waals surface area contributed by atoms with Gasteiger partial charge >= 0.3 is 0 Å². The normalized spacial score (nSPS) is 27.4. The summed E-state index contributed by atoms with van der Waals surface area (Å²) in [4.78, 5) is 14.5. The predicted octanol–water partition coefficient (Wildman–Crippen LogP) is 1.89. The number of aryl methyl sites for hydroxylation is 2. The van der Waals surface area contributed by atoms with E-state index in [1.807, 2.05) is 26.0 Å². The molecule has 3 saturated heterocycles. The van der Waals surface area contributed by atoms with Gasteiger partial charge in [-0.15, -0.1) is 0 Å². The van der Waals surface area contributed by atoms with Crippen LogP contribution in [0.5, 0.6) is 5.75 Å². The minimum Gasteiger partial charge on any atom is -0.484 e. The minimum absolute atomic E-state index is 0.00657. The number of amides is 1. The van der Waals surface area contributed by atoms with Gasteiger partial charge in [-0.05, 0) is 69.0 Å². The van der Waals surface area contributed by atoms with Crippen LogP contribution in [0.4, 0.5) is 0 Å². The second kappa shape index (κ2) is 6.06. The summed E-state index contributed by atoms with van der Waals surface area (Å²) in [5.74, 6) is 1.42. The monoisotopic (exact) mass is 288 g/mol. The van der Waals surface area contributed by atoms with Gasteiger partial charge in [0.2, 0.25) is 0 Å². The molecule has 0 radical (unpaired) electrons. The molecule has 3 fully saturated rings. The maximum Gasteiger partial charge on any atom is 0.258 e. The minimum atomic E-state index is -0.00657. The average Bonchev–Trinajstić information content (AvgIpc) is 2.45. The van der Waals surface area contributed by atoms with Crippen LogP contribution in [0.3, 0.4) is 0 Å². The molecule has 3 aliphatic heterocycles. The van der Waals surface area contributed by atoms with E-state index in [9.17, 15) is 4.79 Å². The van der Waals surface area contributed by atoms with Crippen LogP contribution in [0.1, 0.15) is 24.0 Å². The van der Waals surface area contributed by atoms with Crippen LogP contribution in [0.15, 0.2) is 18.2 Å². The average molecular weight is 288 g/mol. The van der Waals surface area contributed by atoms with Gasteiger partial charge in [0, 0.05) is 12.6 Å². The highest BCUT2D eigenvalue weighted by Crippen LogP contribution is 2.27. The van der Waals surface area contributed by atoms with Crippen molar-refractivity contribution in [2.45, 2.75) is 32.7 Å². The highest BCUT2D eigenvalue weighted by atomic mass is 16.5. The van der Waals surface area contributed by atoms with Crippen molar-refractivity contribution in [1.29, 1.82) is 0 Å². The van der Waals surface area contributed by atoms with Crippen molar-refractivity contribution in [1.82, 2.24) is 10.2 Å². The second-order valence-electron chi connectivity index (χ2n) is 6.42. The van der Waals surface area contributed by atoms with Crippen molar-refractivity contribution < 1.29 is 9.53 Å². The van der Waals surface area contributed by atoms with Crippen LogP contribution < -0.4 is 10.1 Å². The number of hydrogen-bond acceptors (Lipinski definition) is 3. The van der Waals surface area contributed by atoms with Crippen molar-refractivity contribution >= 4 is 5.91 Å². The van der Waals surface area contributed by atoms with Crippen molar-refractivity contribution in [3.05, 3.63) is 29.3 Å². The summed E-state index contributed by atoms with van der Waals surface area (Å²) in [7, 11) is 0. The Morgan fingerprint density at radius 1 is 1.24 bits per heavy atom. The Morgan fingerprint density at radius 3 is 2.48 bits per heavy atom. The topological polar surface area (TPSA) is 41.6 Å². The van der Waals surface area contributed by atoms with Gasteiger partial charge in [-0.1, -0.05) is 6.07 Å². The Bertz CT molecular complexity index is 501. The van der Waals surface area contributed by atoms with Gasteiger partial charge in [-0.2, -0.15) is 0 Å². The summed E-state index contributed by atoms with van der Waals surface area (Å²) in [6.45, 7) is 7.55. The Labute approximate surface area is 126 Å². The first kappa shape index (κ1) is 14.4. The molecule has 4 nitrogen and oxygen atoms in total. The Balaban J connectivity index is 1.50. The maximum atomic E-state index is 12.1. The van der Waals surface area contributed by atoms with Crippen LogP contribution in [0.2, 0.25) is 0 Å². The number of carbonyl (C=O) groups is 1. The fourth-order valence-electron chi connectivity index (χ4n) is 3.54. The number of carbonyl (C=O) groups excluding carboxylic acids is 1. The smallest absolute Gasteiger partial charge is 0.258 e. The van der Waals surface area contributed by atoms with E-state index in [1.54, 1.807) is 0 Å². The zero-order chi connectivity index (χ0) is 14.8. The molecule has 21 heavy (non-hydrogen) atoms. The van der Waals surface area contributed by atoms with E-state index in [4.69, 9.17) is 4.74 Å². The first-order valence-electron chi connectivity index (χ1n) is 7.83. The molecule has 0 aromatic heterocycles. The summed E-state index contributed by atoms with van der Waals surface area (Å²) in [5.41, 5.74) is 2.31. The molecule has 0 aliphatic carbocycles. The number of nitrogens with zero attached hydrogens (tertiary/aromatic N) is 1. The summed E-state index contributed by atoms with van der Waals surface area (Å²) >= 11 is 0. The van der Waals surface area contributed by atoms with Gasteiger partial charge in [0.1, 0.15) is 5.75 Å². The summed E-state index contributed by atoms with van der Waals surface area (Å²) < 4.78 is 5.63. The highest BCUT2D eigenvalue weighted by molar-refractivity contribution is 5.78. The lowest BCUT2D eigenvalue weighted by Crippen LogP contribution is -2.57. The third-order valence-electron chi connectivity index (χ3n) is 4.57. The summed E-state index contributed by atoms with van der Waals surface area (Å²) in [6.07, 6.45) is 2.42. The second-order valence-corrected chi connectivity index (χ2v) is 6.42. The molecule has 0 saturated carbocycles. The summed E-state index contributed by atoms with van der Waals surface area (Å²) in [5, 5.41) is 3.14. The molecule has 1 amide bonds. The zero-order valence-corrected chi connectivity index (χ0v) is 12.9.